The molecule has 0 unspecified atom stereocenters. The second kappa shape index (κ2) is 10.3. The van der Waals surface area contributed by atoms with Gasteiger partial charge in [0.25, 0.3) is 0 Å². The van der Waals surface area contributed by atoms with Crippen LogP contribution in [0, 0.1) is 0 Å². The first-order valence-electron chi connectivity index (χ1n) is 9.41. The van der Waals surface area contributed by atoms with E-state index in [4.69, 9.17) is 0 Å². The number of amides is 1. The van der Waals surface area contributed by atoms with Gasteiger partial charge in [-0.2, -0.15) is 0 Å². The molecule has 2 rings (SSSR count). The van der Waals surface area contributed by atoms with Gasteiger partial charge >= 0.3 is 0 Å². The van der Waals surface area contributed by atoms with Gasteiger partial charge in [0.15, 0.2) is 15.8 Å². The molecular weight excluding hydrogens is 364 g/mol. The Hall–Kier alpha value is -2.09. The molecule has 1 aliphatic rings. The Morgan fingerprint density at radius 1 is 1.11 bits per heavy atom. The van der Waals surface area contributed by atoms with Crippen molar-refractivity contribution in [3.05, 3.63) is 29.8 Å². The fourth-order valence-electron chi connectivity index (χ4n) is 3.14. The topological polar surface area (TPSA) is 99.7 Å². The number of aliphatic imine (C=N–C) groups is 1. The molecule has 0 aliphatic heterocycles. The number of carbonyl (C=O) groups is 1. The van der Waals surface area contributed by atoms with Crippen LogP contribution in [-0.2, 0) is 21.1 Å². The number of hydrogen-bond acceptors (Lipinski definition) is 4. The number of guanidine groups is 1. The molecular formula is C19H30N4O3S. The molecule has 1 fully saturated rings. The van der Waals surface area contributed by atoms with Gasteiger partial charge in [0.2, 0.25) is 5.91 Å². The van der Waals surface area contributed by atoms with Gasteiger partial charge in [0.05, 0.1) is 11.4 Å². The van der Waals surface area contributed by atoms with E-state index in [9.17, 15) is 13.2 Å². The molecule has 0 atom stereocenters. The molecule has 7 nitrogen and oxygen atoms in total. The Bertz CT molecular complexity index is 739. The first kappa shape index (κ1) is 21.2. The molecule has 150 valence electrons. The van der Waals surface area contributed by atoms with Crippen LogP contribution in [0.1, 0.15) is 37.7 Å². The molecule has 0 saturated heterocycles. The van der Waals surface area contributed by atoms with E-state index in [1.165, 1.54) is 25.5 Å². The molecule has 0 aromatic heterocycles. The van der Waals surface area contributed by atoms with Crippen LogP contribution in [0.3, 0.4) is 0 Å². The predicted octanol–water partition coefficient (Wildman–Crippen LogP) is 1.25. The first-order chi connectivity index (χ1) is 12.9. The maximum absolute atomic E-state index is 12.0. The molecule has 1 amide bonds. The van der Waals surface area contributed by atoms with Crippen LogP contribution in [0.4, 0.5) is 0 Å². The quantitative estimate of drug-likeness (QED) is 0.477. The van der Waals surface area contributed by atoms with Crippen LogP contribution < -0.4 is 16.0 Å². The number of nitrogens with one attached hydrogen (secondary N) is 3. The highest BCUT2D eigenvalue weighted by Gasteiger charge is 2.15. The molecule has 3 N–H and O–H groups in total. The fraction of sp³-hybridized carbons (Fsp3) is 0.579. The van der Waals surface area contributed by atoms with Crippen molar-refractivity contribution in [1.82, 2.24) is 16.0 Å². The average Bonchev–Trinajstić information content (AvgIpc) is 2.65. The van der Waals surface area contributed by atoms with Crippen LogP contribution in [0.2, 0.25) is 0 Å². The molecule has 0 bridgehead atoms. The SMILES string of the molecule is CN=C(NCCc1ccc(S(C)(=O)=O)cc1)NCC(=O)NC1CCCCC1. The molecule has 0 spiro atoms. The van der Waals surface area contributed by atoms with Gasteiger partial charge in [-0.15, -0.1) is 0 Å². The van der Waals surface area contributed by atoms with Gasteiger partial charge in [0.1, 0.15) is 0 Å². The van der Waals surface area contributed by atoms with E-state index in [1.807, 2.05) is 12.1 Å². The van der Waals surface area contributed by atoms with E-state index in [-0.39, 0.29) is 12.5 Å². The maximum Gasteiger partial charge on any atom is 0.239 e. The summed E-state index contributed by atoms with van der Waals surface area (Å²) >= 11 is 0. The van der Waals surface area contributed by atoms with Crippen molar-refractivity contribution in [2.24, 2.45) is 4.99 Å². The number of carbonyl (C=O) groups excluding carboxylic acids is 1. The van der Waals surface area contributed by atoms with E-state index < -0.39 is 9.84 Å². The van der Waals surface area contributed by atoms with Crippen molar-refractivity contribution >= 4 is 21.7 Å². The standard InChI is InChI=1S/C19H30N4O3S/c1-20-19(22-14-18(24)23-16-6-4-3-5-7-16)21-13-12-15-8-10-17(11-9-15)27(2,25)26/h8-11,16H,3-7,12-14H2,1-2H3,(H,23,24)(H2,20,21,22). The average molecular weight is 395 g/mol. The van der Waals surface area contributed by atoms with Crippen molar-refractivity contribution in [3.63, 3.8) is 0 Å². The van der Waals surface area contributed by atoms with E-state index in [0.29, 0.717) is 23.4 Å². The van der Waals surface area contributed by atoms with Crippen molar-refractivity contribution < 1.29 is 13.2 Å². The van der Waals surface area contributed by atoms with Gasteiger partial charge in [-0.25, -0.2) is 8.42 Å². The number of benzene rings is 1. The number of sulfone groups is 1. The minimum absolute atomic E-state index is 0.0128. The molecule has 1 aromatic carbocycles. The molecule has 27 heavy (non-hydrogen) atoms. The van der Waals surface area contributed by atoms with Gasteiger partial charge in [-0.05, 0) is 37.0 Å². The maximum atomic E-state index is 12.0. The lowest BCUT2D eigenvalue weighted by molar-refractivity contribution is -0.120. The second-order valence-corrected chi connectivity index (χ2v) is 8.94. The van der Waals surface area contributed by atoms with Crippen LogP contribution in [-0.4, -0.2) is 52.7 Å². The normalized spacial score (nSPS) is 16.0. The Kier molecular flexibility index (Phi) is 8.09. The van der Waals surface area contributed by atoms with Gasteiger partial charge in [-0.3, -0.25) is 9.79 Å². The fourth-order valence-corrected chi connectivity index (χ4v) is 3.77. The smallest absolute Gasteiger partial charge is 0.239 e. The Balaban J connectivity index is 1.69. The Labute approximate surface area is 162 Å². The molecule has 8 heteroatoms. The first-order valence-corrected chi connectivity index (χ1v) is 11.3. The van der Waals surface area contributed by atoms with E-state index in [2.05, 4.69) is 20.9 Å². The summed E-state index contributed by atoms with van der Waals surface area (Å²) < 4.78 is 22.9. The second-order valence-electron chi connectivity index (χ2n) is 6.92. The third-order valence-corrected chi connectivity index (χ3v) is 5.80. The third-order valence-electron chi connectivity index (χ3n) is 4.67. The van der Waals surface area contributed by atoms with E-state index >= 15 is 0 Å². The lowest BCUT2D eigenvalue weighted by Gasteiger charge is -2.23. The summed E-state index contributed by atoms with van der Waals surface area (Å²) in [6.07, 6.45) is 7.69. The summed E-state index contributed by atoms with van der Waals surface area (Å²) in [7, 11) is -1.50. The van der Waals surface area contributed by atoms with Crippen molar-refractivity contribution in [2.45, 2.75) is 49.5 Å². The van der Waals surface area contributed by atoms with Crippen molar-refractivity contribution in [1.29, 1.82) is 0 Å². The van der Waals surface area contributed by atoms with Gasteiger partial charge in [0, 0.05) is 25.9 Å². The highest BCUT2D eigenvalue weighted by Crippen LogP contribution is 2.17. The van der Waals surface area contributed by atoms with Gasteiger partial charge in [-0.1, -0.05) is 31.4 Å². The number of rotatable bonds is 7. The number of nitrogens with zero attached hydrogens (tertiary/aromatic N) is 1. The highest BCUT2D eigenvalue weighted by molar-refractivity contribution is 7.90. The zero-order valence-electron chi connectivity index (χ0n) is 16.1. The number of hydrogen-bond donors (Lipinski definition) is 3. The highest BCUT2D eigenvalue weighted by atomic mass is 32.2. The van der Waals surface area contributed by atoms with Crippen molar-refractivity contribution in [2.75, 3.05) is 26.4 Å². The largest absolute Gasteiger partial charge is 0.356 e. The van der Waals surface area contributed by atoms with Crippen LogP contribution >= 0.6 is 0 Å². The molecule has 1 aliphatic carbocycles. The van der Waals surface area contributed by atoms with E-state index in [0.717, 1.165) is 24.8 Å². The van der Waals surface area contributed by atoms with Crippen LogP contribution in [0.5, 0.6) is 0 Å². The molecule has 1 aromatic rings. The summed E-state index contributed by atoms with van der Waals surface area (Å²) in [5.74, 6) is 0.558. The summed E-state index contributed by atoms with van der Waals surface area (Å²) in [5, 5.41) is 9.25. The Morgan fingerprint density at radius 2 is 1.78 bits per heavy atom. The molecule has 0 heterocycles. The Morgan fingerprint density at radius 3 is 2.37 bits per heavy atom. The van der Waals surface area contributed by atoms with Gasteiger partial charge < -0.3 is 16.0 Å². The predicted molar refractivity (Wildman–Crippen MR) is 108 cm³/mol. The third kappa shape index (κ3) is 7.58. The molecule has 0 radical (unpaired) electrons. The minimum Gasteiger partial charge on any atom is -0.356 e. The minimum atomic E-state index is -3.17. The van der Waals surface area contributed by atoms with Crippen LogP contribution in [0.15, 0.2) is 34.2 Å². The summed E-state index contributed by atoms with van der Waals surface area (Å²) in [5.41, 5.74) is 1.03. The zero-order valence-corrected chi connectivity index (χ0v) is 16.9. The lowest BCUT2D eigenvalue weighted by Crippen LogP contribution is -2.46. The monoisotopic (exact) mass is 394 g/mol. The summed E-state index contributed by atoms with van der Waals surface area (Å²) in [6.45, 7) is 0.821. The lowest BCUT2D eigenvalue weighted by atomic mass is 9.95. The zero-order chi connectivity index (χ0) is 19.7. The molecule has 1 saturated carbocycles. The van der Waals surface area contributed by atoms with Crippen molar-refractivity contribution in [3.8, 4) is 0 Å². The van der Waals surface area contributed by atoms with E-state index in [1.54, 1.807) is 19.2 Å². The summed E-state index contributed by atoms with van der Waals surface area (Å²) in [6, 6.07) is 7.16. The van der Waals surface area contributed by atoms with Crippen LogP contribution in [0.25, 0.3) is 0 Å². The summed E-state index contributed by atoms with van der Waals surface area (Å²) in [4.78, 5) is 16.5.